The minimum absolute atomic E-state index is 0.392. The summed E-state index contributed by atoms with van der Waals surface area (Å²) >= 11 is 0. The van der Waals surface area contributed by atoms with Crippen molar-refractivity contribution < 1.29 is 0 Å². The predicted octanol–water partition coefficient (Wildman–Crippen LogP) is 5.16. The van der Waals surface area contributed by atoms with E-state index >= 15 is 0 Å². The summed E-state index contributed by atoms with van der Waals surface area (Å²) in [5.74, 6) is 3.93. The van der Waals surface area contributed by atoms with E-state index in [1.807, 2.05) is 0 Å². The van der Waals surface area contributed by atoms with Gasteiger partial charge >= 0.3 is 0 Å². The van der Waals surface area contributed by atoms with Crippen LogP contribution in [0.4, 0.5) is 0 Å². The van der Waals surface area contributed by atoms with Crippen LogP contribution in [0.3, 0.4) is 0 Å². The van der Waals surface area contributed by atoms with Gasteiger partial charge in [0.15, 0.2) is 0 Å². The first-order valence-corrected chi connectivity index (χ1v) is 13.6. The van der Waals surface area contributed by atoms with E-state index in [4.69, 9.17) is 6.30 Å². The fourth-order valence-corrected chi connectivity index (χ4v) is 12.2. The van der Waals surface area contributed by atoms with Crippen LogP contribution in [0.5, 0.6) is 0 Å². The topological polar surface area (TPSA) is 0 Å². The first kappa shape index (κ1) is 20.0. The summed E-state index contributed by atoms with van der Waals surface area (Å²) < 4.78 is 0. The van der Waals surface area contributed by atoms with Gasteiger partial charge in [-0.05, 0) is 51.7 Å². The molecule has 0 aromatic carbocycles. The third-order valence-electron chi connectivity index (χ3n) is 8.67. The van der Waals surface area contributed by atoms with Crippen LogP contribution >= 0.6 is 15.1 Å². The maximum atomic E-state index is 4.70. The molecule has 2 saturated carbocycles. The maximum Gasteiger partial charge on any atom is 0.106 e. The molecule has 0 amide bonds. The Hall–Kier alpha value is 0.665. The minimum Gasteiger partial charge on any atom is -0.121 e. The highest BCUT2D eigenvalue weighted by atomic mass is 31.2. The van der Waals surface area contributed by atoms with Crippen molar-refractivity contribution in [1.82, 2.24) is 0 Å². The summed E-state index contributed by atoms with van der Waals surface area (Å²) in [6.45, 7) is 20.1. The molecule has 0 N–H and O–H groups in total. The summed E-state index contributed by atoms with van der Waals surface area (Å²) in [4.78, 5) is 0. The van der Waals surface area contributed by atoms with Crippen LogP contribution in [0.1, 0.15) is 61.8 Å². The standard InChI is InChI=1S/C20H41BP2/c1-11-22(9)13-23(10)17(3,4)12-20-14(2)18(5,6)16(21)15(20)19(20,7)8/h14-16,22-23H,9-13,21H2,1-8H3. The predicted molar refractivity (Wildman–Crippen MR) is 120 cm³/mol. The molecule has 0 bridgehead atoms. The lowest BCUT2D eigenvalue weighted by Crippen LogP contribution is -2.35. The largest absolute Gasteiger partial charge is 0.121 e. The van der Waals surface area contributed by atoms with Gasteiger partial charge in [0.05, 0.1) is 0 Å². The lowest BCUT2D eigenvalue weighted by molar-refractivity contribution is 0.121. The van der Waals surface area contributed by atoms with Gasteiger partial charge in [-0.25, -0.2) is 0 Å². The second-order valence-electron chi connectivity index (χ2n) is 10.5. The van der Waals surface area contributed by atoms with Crippen molar-refractivity contribution in [2.75, 3.05) is 12.1 Å². The number of hydrogen-bond donors (Lipinski definition) is 0. The van der Waals surface area contributed by atoms with Crippen molar-refractivity contribution in [2.24, 2.45) is 28.1 Å². The molecule has 0 radical (unpaired) electrons. The summed E-state index contributed by atoms with van der Waals surface area (Å²) in [6.07, 6.45) is 11.8. The van der Waals surface area contributed by atoms with E-state index in [0.717, 1.165) is 17.7 Å². The van der Waals surface area contributed by atoms with Gasteiger partial charge in [0.25, 0.3) is 0 Å². The molecule has 6 unspecified atom stereocenters. The molecule has 0 heterocycles. The number of rotatable bonds is 6. The smallest absolute Gasteiger partial charge is 0.106 e. The zero-order valence-electron chi connectivity index (χ0n) is 17.3. The van der Waals surface area contributed by atoms with Gasteiger partial charge in [-0.15, -0.1) is 27.7 Å². The van der Waals surface area contributed by atoms with Gasteiger partial charge in [-0.2, -0.15) is 0 Å². The van der Waals surface area contributed by atoms with Crippen LogP contribution in [0.15, 0.2) is 0 Å². The zero-order chi connectivity index (χ0) is 18.0. The van der Waals surface area contributed by atoms with E-state index in [9.17, 15) is 0 Å². The molecule has 2 rings (SSSR count). The van der Waals surface area contributed by atoms with Gasteiger partial charge in [-0.3, -0.25) is 0 Å². The van der Waals surface area contributed by atoms with Crippen molar-refractivity contribution in [3.8, 4) is 0 Å². The Kier molecular flexibility index (Phi) is 5.08. The first-order chi connectivity index (χ1) is 10.3. The molecular weight excluding hydrogens is 313 g/mol. The van der Waals surface area contributed by atoms with E-state index in [1.54, 1.807) is 0 Å². The van der Waals surface area contributed by atoms with E-state index in [2.05, 4.69) is 69.5 Å². The fraction of sp³-hybridized carbons (Fsp3) is 0.900. The Bertz CT molecular complexity index is 528. The van der Waals surface area contributed by atoms with E-state index in [1.165, 1.54) is 18.5 Å². The van der Waals surface area contributed by atoms with Gasteiger partial charge < -0.3 is 0 Å². The summed E-state index contributed by atoms with van der Waals surface area (Å²) in [6, 6.07) is 0. The van der Waals surface area contributed by atoms with E-state index in [0.29, 0.717) is 21.4 Å². The quantitative estimate of drug-likeness (QED) is 0.456. The Labute approximate surface area is 148 Å². The Morgan fingerprint density at radius 3 is 2.09 bits per heavy atom. The number of fused-ring (bicyclic) bond motifs is 1. The van der Waals surface area contributed by atoms with Crippen molar-refractivity contribution in [1.29, 1.82) is 0 Å². The summed E-state index contributed by atoms with van der Waals surface area (Å²) in [5.41, 5.74) is 1.55. The van der Waals surface area contributed by atoms with Crippen molar-refractivity contribution in [3.63, 3.8) is 0 Å². The van der Waals surface area contributed by atoms with Crippen LogP contribution in [-0.4, -0.2) is 37.7 Å². The second kappa shape index (κ2) is 5.84. The molecular formula is C20H41BP2. The van der Waals surface area contributed by atoms with Crippen LogP contribution in [0.25, 0.3) is 0 Å². The minimum atomic E-state index is -0.569. The highest BCUT2D eigenvalue weighted by Crippen LogP contribution is 2.87. The fourth-order valence-electron chi connectivity index (χ4n) is 6.33. The molecule has 0 spiro atoms. The van der Waals surface area contributed by atoms with E-state index in [-0.39, 0.29) is 0 Å². The van der Waals surface area contributed by atoms with Gasteiger partial charge in [0.2, 0.25) is 0 Å². The SMILES string of the molecule is BC1C2C(C)(C)C2(CC(C)(C)[PH](=C)C[PH](=C)CC)C(C)C1(C)C. The number of hydrogen-bond acceptors (Lipinski definition) is 0. The molecule has 0 aliphatic heterocycles. The van der Waals surface area contributed by atoms with Crippen molar-refractivity contribution in [3.05, 3.63) is 0 Å². The lowest BCUT2D eigenvalue weighted by Gasteiger charge is -2.43. The average Bonchev–Trinajstić information content (AvgIpc) is 2.85. The molecule has 6 atom stereocenters. The van der Waals surface area contributed by atoms with Gasteiger partial charge in [0.1, 0.15) is 7.85 Å². The Morgan fingerprint density at radius 2 is 1.65 bits per heavy atom. The molecule has 0 aromatic heterocycles. The highest BCUT2D eigenvalue weighted by molar-refractivity contribution is 7.73. The third kappa shape index (κ3) is 2.72. The molecule has 2 fully saturated rings. The normalized spacial score (nSPS) is 40.4. The Balaban J connectivity index is 2.28. The molecule has 0 saturated heterocycles. The first-order valence-electron chi connectivity index (χ1n) is 9.61. The van der Waals surface area contributed by atoms with E-state index < -0.39 is 15.1 Å². The van der Waals surface area contributed by atoms with Crippen LogP contribution in [0, 0.1) is 28.1 Å². The zero-order valence-corrected chi connectivity index (χ0v) is 19.3. The molecule has 23 heavy (non-hydrogen) atoms. The molecule has 0 aromatic rings. The molecule has 0 nitrogen and oxygen atoms in total. The average molecular weight is 354 g/mol. The van der Waals surface area contributed by atoms with Crippen LogP contribution in [0.2, 0.25) is 5.82 Å². The summed E-state index contributed by atoms with van der Waals surface area (Å²) in [5, 5.41) is 0.424. The monoisotopic (exact) mass is 354 g/mol. The van der Waals surface area contributed by atoms with Gasteiger partial charge in [-0.1, -0.05) is 61.2 Å². The molecule has 134 valence electrons. The van der Waals surface area contributed by atoms with Crippen molar-refractivity contribution in [2.45, 2.75) is 72.8 Å². The molecule has 2 aliphatic rings. The Morgan fingerprint density at radius 1 is 1.13 bits per heavy atom. The lowest BCUT2D eigenvalue weighted by atomic mass is 9.59. The summed E-state index contributed by atoms with van der Waals surface area (Å²) in [7, 11) is 1.56. The van der Waals surface area contributed by atoms with Crippen LogP contribution < -0.4 is 0 Å². The maximum absolute atomic E-state index is 4.70. The highest BCUT2D eigenvalue weighted by Gasteiger charge is 2.81. The third-order valence-corrected chi connectivity index (χ3v) is 15.5. The second-order valence-corrected chi connectivity index (χ2v) is 16.7. The van der Waals surface area contributed by atoms with Gasteiger partial charge in [0, 0.05) is 0 Å². The molecule has 2 aliphatic carbocycles. The van der Waals surface area contributed by atoms with Crippen molar-refractivity contribution >= 4 is 35.5 Å². The molecule has 3 heteroatoms. The van der Waals surface area contributed by atoms with Crippen LogP contribution in [-0.2, 0) is 0 Å².